The predicted molar refractivity (Wildman–Crippen MR) is 65.9 cm³/mol. The fourth-order valence-corrected chi connectivity index (χ4v) is 2.43. The van der Waals surface area contributed by atoms with E-state index in [4.69, 9.17) is 5.73 Å². The van der Waals surface area contributed by atoms with Crippen molar-refractivity contribution in [3.63, 3.8) is 0 Å². The highest BCUT2D eigenvalue weighted by atomic mass is 32.2. The summed E-state index contributed by atoms with van der Waals surface area (Å²) < 4.78 is 39.1. The SMILES string of the molecule is Nc1cc(S(=O)(=O)Nc2cccc(F)c2)ccn1. The van der Waals surface area contributed by atoms with Crippen molar-refractivity contribution in [3.05, 3.63) is 48.4 Å². The highest BCUT2D eigenvalue weighted by molar-refractivity contribution is 7.92. The average molecular weight is 267 g/mol. The largest absolute Gasteiger partial charge is 0.384 e. The van der Waals surface area contributed by atoms with Crippen molar-refractivity contribution in [2.24, 2.45) is 0 Å². The fraction of sp³-hybridized carbons (Fsp3) is 0. The Labute approximate surface area is 104 Å². The lowest BCUT2D eigenvalue weighted by Crippen LogP contribution is -2.13. The van der Waals surface area contributed by atoms with Crippen LogP contribution < -0.4 is 10.5 Å². The molecule has 0 spiro atoms. The molecule has 1 heterocycles. The van der Waals surface area contributed by atoms with Crippen LogP contribution in [-0.4, -0.2) is 13.4 Å². The van der Waals surface area contributed by atoms with Gasteiger partial charge >= 0.3 is 0 Å². The molecule has 0 fully saturated rings. The number of hydrogen-bond acceptors (Lipinski definition) is 4. The summed E-state index contributed by atoms with van der Waals surface area (Å²) in [5.74, 6) is -0.429. The van der Waals surface area contributed by atoms with Crippen LogP contribution in [0.3, 0.4) is 0 Å². The van der Waals surface area contributed by atoms with E-state index in [1.54, 1.807) is 0 Å². The fourth-order valence-electron chi connectivity index (χ4n) is 1.36. The number of hydrogen-bond donors (Lipinski definition) is 2. The van der Waals surface area contributed by atoms with Crippen molar-refractivity contribution in [1.29, 1.82) is 0 Å². The number of pyridine rings is 1. The third-order valence-corrected chi connectivity index (χ3v) is 3.52. The van der Waals surface area contributed by atoms with Gasteiger partial charge in [0.15, 0.2) is 0 Å². The van der Waals surface area contributed by atoms with E-state index < -0.39 is 15.8 Å². The normalized spacial score (nSPS) is 11.2. The van der Waals surface area contributed by atoms with Gasteiger partial charge in [0.2, 0.25) is 0 Å². The van der Waals surface area contributed by atoms with Gasteiger partial charge in [-0.05, 0) is 24.3 Å². The Kier molecular flexibility index (Phi) is 3.15. The first kappa shape index (κ1) is 12.3. The summed E-state index contributed by atoms with van der Waals surface area (Å²) in [6, 6.07) is 7.70. The molecule has 1 aromatic carbocycles. The second-order valence-electron chi connectivity index (χ2n) is 3.53. The lowest BCUT2D eigenvalue weighted by molar-refractivity contribution is 0.601. The van der Waals surface area contributed by atoms with Crippen LogP contribution in [0.1, 0.15) is 0 Å². The molecule has 2 rings (SSSR count). The molecule has 0 amide bonds. The number of benzene rings is 1. The van der Waals surface area contributed by atoms with E-state index in [0.29, 0.717) is 0 Å². The Morgan fingerprint density at radius 1 is 1.22 bits per heavy atom. The molecule has 2 aromatic rings. The van der Waals surface area contributed by atoms with Crippen LogP contribution >= 0.6 is 0 Å². The van der Waals surface area contributed by atoms with Crippen molar-refractivity contribution in [3.8, 4) is 0 Å². The van der Waals surface area contributed by atoms with Gasteiger partial charge in [-0.1, -0.05) is 6.07 Å². The maximum absolute atomic E-state index is 12.9. The number of halogens is 1. The summed E-state index contributed by atoms with van der Waals surface area (Å²) >= 11 is 0. The molecule has 0 atom stereocenters. The van der Waals surface area contributed by atoms with E-state index in [-0.39, 0.29) is 16.4 Å². The molecule has 5 nitrogen and oxygen atoms in total. The van der Waals surface area contributed by atoms with E-state index in [1.165, 1.54) is 36.5 Å². The van der Waals surface area contributed by atoms with Crippen LogP contribution in [-0.2, 0) is 10.0 Å². The maximum Gasteiger partial charge on any atom is 0.262 e. The minimum Gasteiger partial charge on any atom is -0.384 e. The molecule has 0 aliphatic heterocycles. The summed E-state index contributed by atoms with van der Waals surface area (Å²) in [6.07, 6.45) is 1.29. The predicted octanol–water partition coefficient (Wildman–Crippen LogP) is 1.60. The first-order valence-corrected chi connectivity index (χ1v) is 6.45. The van der Waals surface area contributed by atoms with Gasteiger partial charge in [-0.2, -0.15) is 0 Å². The van der Waals surface area contributed by atoms with E-state index in [9.17, 15) is 12.8 Å². The highest BCUT2D eigenvalue weighted by Gasteiger charge is 2.14. The van der Waals surface area contributed by atoms with Crippen LogP contribution in [0, 0.1) is 5.82 Å². The molecule has 0 aliphatic rings. The molecule has 3 N–H and O–H groups in total. The standard InChI is InChI=1S/C11H10FN3O2S/c12-8-2-1-3-9(6-8)15-18(16,17)10-4-5-14-11(13)7-10/h1-7,15H,(H2,13,14). The molecule has 0 bridgehead atoms. The second-order valence-corrected chi connectivity index (χ2v) is 5.21. The summed E-state index contributed by atoms with van der Waals surface area (Å²) in [6.45, 7) is 0. The summed E-state index contributed by atoms with van der Waals surface area (Å²) in [7, 11) is -3.79. The molecular formula is C11H10FN3O2S. The van der Waals surface area contributed by atoms with Crippen LogP contribution in [0.2, 0.25) is 0 Å². The highest BCUT2D eigenvalue weighted by Crippen LogP contribution is 2.17. The Morgan fingerprint density at radius 2 is 2.00 bits per heavy atom. The maximum atomic E-state index is 12.9. The molecule has 7 heteroatoms. The number of nitrogens with one attached hydrogen (secondary N) is 1. The van der Waals surface area contributed by atoms with Crippen LogP contribution in [0.25, 0.3) is 0 Å². The van der Waals surface area contributed by atoms with Crippen LogP contribution in [0.4, 0.5) is 15.9 Å². The van der Waals surface area contributed by atoms with Crippen molar-refractivity contribution >= 4 is 21.5 Å². The molecular weight excluding hydrogens is 257 g/mol. The lowest BCUT2D eigenvalue weighted by Gasteiger charge is -2.08. The third-order valence-electron chi connectivity index (χ3n) is 2.14. The summed E-state index contributed by atoms with van der Waals surface area (Å²) in [5, 5.41) is 0. The van der Waals surface area contributed by atoms with E-state index in [1.807, 2.05) is 0 Å². The zero-order valence-corrected chi connectivity index (χ0v) is 9.99. The number of sulfonamides is 1. The van der Waals surface area contributed by atoms with Gasteiger partial charge in [0.1, 0.15) is 11.6 Å². The minimum absolute atomic E-state index is 0.0285. The molecule has 1 aromatic heterocycles. The first-order valence-electron chi connectivity index (χ1n) is 4.97. The smallest absolute Gasteiger partial charge is 0.262 e. The van der Waals surface area contributed by atoms with Crippen LogP contribution in [0.15, 0.2) is 47.5 Å². The molecule has 0 saturated carbocycles. The van der Waals surface area contributed by atoms with Gasteiger partial charge < -0.3 is 5.73 Å². The number of nitrogens with two attached hydrogens (primary N) is 1. The van der Waals surface area contributed by atoms with Gasteiger partial charge in [0.05, 0.1) is 10.6 Å². The summed E-state index contributed by atoms with van der Waals surface area (Å²) in [5.41, 5.74) is 5.55. The minimum atomic E-state index is -3.79. The Bertz CT molecular complexity index is 673. The van der Waals surface area contributed by atoms with Crippen molar-refractivity contribution in [1.82, 2.24) is 4.98 Å². The van der Waals surface area contributed by atoms with Crippen molar-refractivity contribution in [2.45, 2.75) is 4.90 Å². The monoisotopic (exact) mass is 267 g/mol. The third kappa shape index (κ3) is 2.75. The Hall–Kier alpha value is -2.15. The second kappa shape index (κ2) is 4.61. The Balaban J connectivity index is 2.33. The number of anilines is 2. The molecule has 0 aliphatic carbocycles. The molecule has 0 unspecified atom stereocenters. The lowest BCUT2D eigenvalue weighted by atomic mass is 10.3. The van der Waals surface area contributed by atoms with Gasteiger partial charge in [0, 0.05) is 12.3 Å². The van der Waals surface area contributed by atoms with E-state index in [0.717, 1.165) is 6.07 Å². The number of aromatic nitrogens is 1. The number of nitrogens with zero attached hydrogens (tertiary/aromatic N) is 1. The topological polar surface area (TPSA) is 85.1 Å². The Morgan fingerprint density at radius 3 is 2.67 bits per heavy atom. The summed E-state index contributed by atoms with van der Waals surface area (Å²) in [4.78, 5) is 3.67. The zero-order chi connectivity index (χ0) is 13.2. The molecule has 18 heavy (non-hydrogen) atoms. The van der Waals surface area contributed by atoms with Crippen molar-refractivity contribution in [2.75, 3.05) is 10.5 Å². The molecule has 0 saturated heterocycles. The number of rotatable bonds is 3. The van der Waals surface area contributed by atoms with Crippen LogP contribution in [0.5, 0.6) is 0 Å². The number of nitrogen functional groups attached to an aromatic ring is 1. The van der Waals surface area contributed by atoms with Gasteiger partial charge in [-0.25, -0.2) is 17.8 Å². The van der Waals surface area contributed by atoms with Crippen molar-refractivity contribution < 1.29 is 12.8 Å². The molecule has 94 valence electrons. The zero-order valence-electron chi connectivity index (χ0n) is 9.17. The quantitative estimate of drug-likeness (QED) is 0.884. The van der Waals surface area contributed by atoms with Gasteiger partial charge in [-0.15, -0.1) is 0 Å². The van der Waals surface area contributed by atoms with E-state index >= 15 is 0 Å². The van der Waals surface area contributed by atoms with Gasteiger partial charge in [0.25, 0.3) is 10.0 Å². The molecule has 0 radical (unpaired) electrons. The average Bonchev–Trinajstić information content (AvgIpc) is 2.28. The van der Waals surface area contributed by atoms with Gasteiger partial charge in [-0.3, -0.25) is 4.72 Å². The van der Waals surface area contributed by atoms with E-state index in [2.05, 4.69) is 9.71 Å². The first-order chi connectivity index (χ1) is 8.47.